The van der Waals surface area contributed by atoms with Crippen LogP contribution in [0, 0.1) is 0 Å². The van der Waals surface area contributed by atoms with Gasteiger partial charge in [0.25, 0.3) is 0 Å². The predicted molar refractivity (Wildman–Crippen MR) is 80.7 cm³/mol. The Morgan fingerprint density at radius 3 is 2.76 bits per heavy atom. The highest BCUT2D eigenvalue weighted by Gasteiger charge is 2.05. The third-order valence-corrected chi connectivity index (χ3v) is 4.91. The van der Waals surface area contributed by atoms with Crippen molar-refractivity contribution in [1.82, 2.24) is 4.98 Å². The molecule has 5 heteroatoms. The van der Waals surface area contributed by atoms with Gasteiger partial charge in [-0.1, -0.05) is 33.6 Å². The number of hydrogen-bond acceptors (Lipinski definition) is 2. The van der Waals surface area contributed by atoms with Crippen LogP contribution in [0.4, 0.5) is 0 Å². The van der Waals surface area contributed by atoms with E-state index in [4.69, 9.17) is 11.6 Å². The van der Waals surface area contributed by atoms with E-state index in [1.807, 2.05) is 30.3 Å². The van der Waals surface area contributed by atoms with E-state index in [9.17, 15) is 0 Å². The lowest BCUT2D eigenvalue weighted by Crippen LogP contribution is -1.85. The molecule has 0 fully saturated rings. The Labute approximate surface area is 126 Å². The maximum absolute atomic E-state index is 6.16. The topological polar surface area (TPSA) is 12.9 Å². The molecule has 0 aliphatic carbocycles. The molecule has 1 nitrogen and oxygen atoms in total. The molecule has 0 aliphatic heterocycles. The van der Waals surface area contributed by atoms with E-state index in [1.165, 1.54) is 0 Å². The second-order valence-electron chi connectivity index (χ2n) is 3.31. The Balaban J connectivity index is 2.10. The number of halogens is 3. The number of thioether (sulfide) groups is 1. The molecule has 1 aromatic carbocycles. The van der Waals surface area contributed by atoms with E-state index >= 15 is 0 Å². The second kappa shape index (κ2) is 6.23. The molecule has 0 N–H and O–H groups in total. The third kappa shape index (κ3) is 3.71. The smallest absolute Gasteiger partial charge is 0.110 e. The molecule has 88 valence electrons. The lowest BCUT2D eigenvalue weighted by molar-refractivity contribution is 1.11. The van der Waals surface area contributed by atoms with Gasteiger partial charge in [-0.15, -0.1) is 11.8 Å². The van der Waals surface area contributed by atoms with E-state index in [0.29, 0.717) is 0 Å². The molecule has 0 bridgehead atoms. The summed E-state index contributed by atoms with van der Waals surface area (Å²) >= 11 is 14.7. The van der Waals surface area contributed by atoms with E-state index in [1.54, 1.807) is 18.0 Å². The van der Waals surface area contributed by atoms with Gasteiger partial charge in [0, 0.05) is 25.9 Å². The zero-order valence-electron chi connectivity index (χ0n) is 8.66. The van der Waals surface area contributed by atoms with Gasteiger partial charge < -0.3 is 0 Å². The number of benzene rings is 1. The minimum absolute atomic E-state index is 0.777. The van der Waals surface area contributed by atoms with Gasteiger partial charge in [-0.2, -0.15) is 0 Å². The molecule has 2 aromatic rings. The SMILES string of the molecule is Clc1cc(Br)ccc1CSc1ncccc1Br. The zero-order valence-corrected chi connectivity index (χ0v) is 13.4. The maximum Gasteiger partial charge on any atom is 0.110 e. The first-order valence-electron chi connectivity index (χ1n) is 4.84. The number of pyridine rings is 1. The van der Waals surface area contributed by atoms with Gasteiger partial charge in [0.15, 0.2) is 0 Å². The van der Waals surface area contributed by atoms with Crippen LogP contribution in [0.25, 0.3) is 0 Å². The quantitative estimate of drug-likeness (QED) is 0.634. The van der Waals surface area contributed by atoms with Crippen molar-refractivity contribution in [3.63, 3.8) is 0 Å². The highest BCUT2D eigenvalue weighted by molar-refractivity contribution is 9.10. The van der Waals surface area contributed by atoms with Crippen molar-refractivity contribution < 1.29 is 0 Å². The fourth-order valence-electron chi connectivity index (χ4n) is 1.26. The van der Waals surface area contributed by atoms with E-state index < -0.39 is 0 Å². The first-order chi connectivity index (χ1) is 8.16. The highest BCUT2D eigenvalue weighted by atomic mass is 79.9. The Kier molecular flexibility index (Phi) is 4.91. The van der Waals surface area contributed by atoms with E-state index in [-0.39, 0.29) is 0 Å². The Bertz CT molecular complexity index is 534. The van der Waals surface area contributed by atoms with Crippen molar-refractivity contribution in [3.05, 3.63) is 56.1 Å². The highest BCUT2D eigenvalue weighted by Crippen LogP contribution is 2.31. The Hall–Kier alpha value is -0.0300. The number of hydrogen-bond donors (Lipinski definition) is 0. The fraction of sp³-hybridized carbons (Fsp3) is 0.0833. The molecule has 0 atom stereocenters. The summed E-state index contributed by atoms with van der Waals surface area (Å²) in [6.45, 7) is 0. The molecule has 17 heavy (non-hydrogen) atoms. The van der Waals surface area contributed by atoms with Crippen LogP contribution in [0.2, 0.25) is 5.02 Å². The fourth-order valence-corrected chi connectivity index (χ4v) is 3.57. The second-order valence-corrected chi connectivity index (χ2v) is 6.46. The molecule has 0 saturated carbocycles. The standard InChI is InChI=1S/C12H8Br2ClNS/c13-9-4-3-8(11(15)6-9)7-17-12-10(14)2-1-5-16-12/h1-6H,7H2. The summed E-state index contributed by atoms with van der Waals surface area (Å²) in [6.07, 6.45) is 1.79. The van der Waals surface area contributed by atoms with Gasteiger partial charge in [-0.25, -0.2) is 4.98 Å². The van der Waals surface area contributed by atoms with Crippen LogP contribution in [-0.2, 0) is 5.75 Å². The van der Waals surface area contributed by atoms with Gasteiger partial charge in [0.05, 0.1) is 0 Å². The summed E-state index contributed by atoms with van der Waals surface area (Å²) in [5, 5.41) is 1.76. The van der Waals surface area contributed by atoms with Gasteiger partial charge in [-0.3, -0.25) is 0 Å². The number of aromatic nitrogens is 1. The first kappa shape index (κ1) is 13.4. The largest absolute Gasteiger partial charge is 0.249 e. The number of nitrogens with zero attached hydrogens (tertiary/aromatic N) is 1. The normalized spacial score (nSPS) is 10.5. The monoisotopic (exact) mass is 391 g/mol. The van der Waals surface area contributed by atoms with Crippen LogP contribution >= 0.6 is 55.2 Å². The van der Waals surface area contributed by atoms with Crippen LogP contribution in [0.15, 0.2) is 50.5 Å². The van der Waals surface area contributed by atoms with E-state index in [0.717, 1.165) is 30.3 Å². The van der Waals surface area contributed by atoms with Crippen LogP contribution in [0.3, 0.4) is 0 Å². The molecular weight excluding hydrogens is 385 g/mol. The summed E-state index contributed by atoms with van der Waals surface area (Å²) in [6, 6.07) is 9.82. The van der Waals surface area contributed by atoms with Crippen molar-refractivity contribution in [1.29, 1.82) is 0 Å². The van der Waals surface area contributed by atoms with Crippen molar-refractivity contribution in [2.75, 3.05) is 0 Å². The molecule has 0 amide bonds. The van der Waals surface area contributed by atoms with Crippen LogP contribution < -0.4 is 0 Å². The van der Waals surface area contributed by atoms with Crippen molar-refractivity contribution in [2.24, 2.45) is 0 Å². The average molecular weight is 394 g/mol. The van der Waals surface area contributed by atoms with Gasteiger partial charge >= 0.3 is 0 Å². The van der Waals surface area contributed by atoms with Crippen LogP contribution in [0.5, 0.6) is 0 Å². The van der Waals surface area contributed by atoms with Gasteiger partial charge in [0.2, 0.25) is 0 Å². The summed E-state index contributed by atoms with van der Waals surface area (Å²) in [7, 11) is 0. The minimum Gasteiger partial charge on any atom is -0.249 e. The molecule has 1 aromatic heterocycles. The van der Waals surface area contributed by atoms with Crippen molar-refractivity contribution in [3.8, 4) is 0 Å². The molecule has 0 aliphatic rings. The number of rotatable bonds is 3. The molecular formula is C12H8Br2ClNS. The summed E-state index contributed by atoms with van der Waals surface area (Å²) in [4.78, 5) is 4.30. The first-order valence-corrected chi connectivity index (χ1v) is 7.79. The molecule has 2 rings (SSSR count). The van der Waals surface area contributed by atoms with Crippen molar-refractivity contribution >= 4 is 55.2 Å². The summed E-state index contributed by atoms with van der Waals surface area (Å²) in [5.41, 5.74) is 1.11. The van der Waals surface area contributed by atoms with Crippen LogP contribution in [0.1, 0.15) is 5.56 Å². The van der Waals surface area contributed by atoms with Gasteiger partial charge in [-0.05, 0) is 45.8 Å². The average Bonchev–Trinajstić information content (AvgIpc) is 2.30. The Morgan fingerprint density at radius 1 is 1.24 bits per heavy atom. The molecule has 0 unspecified atom stereocenters. The summed E-state index contributed by atoms with van der Waals surface area (Å²) < 4.78 is 2.01. The van der Waals surface area contributed by atoms with Gasteiger partial charge in [0.1, 0.15) is 5.03 Å². The maximum atomic E-state index is 6.16. The summed E-state index contributed by atoms with van der Waals surface area (Å²) in [5.74, 6) is 0.807. The minimum atomic E-state index is 0.777. The molecule has 0 radical (unpaired) electrons. The van der Waals surface area contributed by atoms with Crippen LogP contribution in [-0.4, -0.2) is 4.98 Å². The molecule has 1 heterocycles. The van der Waals surface area contributed by atoms with Crippen molar-refractivity contribution in [2.45, 2.75) is 10.8 Å². The van der Waals surface area contributed by atoms with E-state index in [2.05, 4.69) is 36.8 Å². The zero-order chi connectivity index (χ0) is 12.3. The third-order valence-electron chi connectivity index (χ3n) is 2.10. The lowest BCUT2D eigenvalue weighted by atomic mass is 10.2. The predicted octanol–water partition coefficient (Wildman–Crippen LogP) is 5.55. The lowest BCUT2D eigenvalue weighted by Gasteiger charge is -2.05. The molecule has 0 saturated heterocycles. The molecule has 0 spiro atoms. The Morgan fingerprint density at radius 2 is 2.06 bits per heavy atom.